The summed E-state index contributed by atoms with van der Waals surface area (Å²) >= 11 is 0. The highest BCUT2D eigenvalue weighted by atomic mass is 16.6. The molecule has 2 fully saturated rings. The Morgan fingerprint density at radius 2 is 2.12 bits per heavy atom. The van der Waals surface area contributed by atoms with Crippen molar-refractivity contribution >= 4 is 5.97 Å². The van der Waals surface area contributed by atoms with Gasteiger partial charge in [-0.05, 0) is 51.4 Å². The first-order valence-electron chi connectivity index (χ1n) is 6.85. The fraction of sp³-hybridized carbons (Fsp3) is 0.800. The van der Waals surface area contributed by atoms with Crippen LogP contribution in [-0.4, -0.2) is 11.6 Å². The minimum Gasteiger partial charge on any atom is -0.456 e. The van der Waals surface area contributed by atoms with Crippen LogP contribution in [0.1, 0.15) is 52.9 Å². The van der Waals surface area contributed by atoms with Gasteiger partial charge in [0, 0.05) is 11.5 Å². The van der Waals surface area contributed by atoms with Crippen molar-refractivity contribution in [2.45, 2.75) is 58.5 Å². The van der Waals surface area contributed by atoms with E-state index >= 15 is 0 Å². The van der Waals surface area contributed by atoms with E-state index < -0.39 is 0 Å². The van der Waals surface area contributed by atoms with Crippen LogP contribution in [0, 0.1) is 17.8 Å². The van der Waals surface area contributed by atoms with E-state index in [1.807, 2.05) is 0 Å². The second kappa shape index (κ2) is 4.47. The molecule has 2 rings (SSSR count). The quantitative estimate of drug-likeness (QED) is 0.549. The Labute approximate surface area is 104 Å². The molecule has 4 unspecified atom stereocenters. The van der Waals surface area contributed by atoms with Gasteiger partial charge in [-0.3, -0.25) is 0 Å². The van der Waals surface area contributed by atoms with Gasteiger partial charge in [-0.15, -0.1) is 0 Å². The standard InChI is InChI=1S/C15H24O2/c1-5-15(4,17-14(16)10(2)3)13-9-11-6-7-12(13)8-11/h11-13H,2,5-9H2,1,3-4H3. The van der Waals surface area contributed by atoms with Gasteiger partial charge in [0.2, 0.25) is 0 Å². The van der Waals surface area contributed by atoms with Crippen LogP contribution in [0.15, 0.2) is 12.2 Å². The third-order valence-corrected chi connectivity index (χ3v) is 4.90. The van der Waals surface area contributed by atoms with E-state index in [1.165, 1.54) is 25.7 Å². The fourth-order valence-corrected chi connectivity index (χ4v) is 3.70. The lowest BCUT2D eigenvalue weighted by Gasteiger charge is -2.39. The zero-order chi connectivity index (χ0) is 12.6. The summed E-state index contributed by atoms with van der Waals surface area (Å²) in [6, 6.07) is 0. The molecule has 0 N–H and O–H groups in total. The topological polar surface area (TPSA) is 26.3 Å². The normalized spacial score (nSPS) is 34.4. The molecule has 2 heteroatoms. The fourth-order valence-electron chi connectivity index (χ4n) is 3.70. The smallest absolute Gasteiger partial charge is 0.333 e. The molecule has 17 heavy (non-hydrogen) atoms. The monoisotopic (exact) mass is 236 g/mol. The zero-order valence-electron chi connectivity index (χ0n) is 11.3. The summed E-state index contributed by atoms with van der Waals surface area (Å²) in [4.78, 5) is 11.8. The van der Waals surface area contributed by atoms with Crippen LogP contribution in [0.25, 0.3) is 0 Å². The average molecular weight is 236 g/mol. The highest BCUT2D eigenvalue weighted by Crippen LogP contribution is 2.53. The number of ether oxygens (including phenoxy) is 1. The molecule has 0 aromatic rings. The molecular formula is C15H24O2. The first-order valence-corrected chi connectivity index (χ1v) is 6.85. The second-order valence-electron chi connectivity index (χ2n) is 6.12. The minimum atomic E-state index is -0.282. The summed E-state index contributed by atoms with van der Waals surface area (Å²) in [6.07, 6.45) is 6.22. The Morgan fingerprint density at radius 1 is 1.41 bits per heavy atom. The first kappa shape index (κ1) is 12.7. The molecule has 2 nitrogen and oxygen atoms in total. The van der Waals surface area contributed by atoms with Gasteiger partial charge >= 0.3 is 5.97 Å². The molecule has 0 aromatic heterocycles. The SMILES string of the molecule is C=C(C)C(=O)OC(C)(CC)C1CC2CCC1C2. The molecule has 0 amide bonds. The number of hydrogen-bond acceptors (Lipinski definition) is 2. The Bertz CT molecular complexity index is 334. The van der Waals surface area contributed by atoms with Crippen molar-refractivity contribution in [3.8, 4) is 0 Å². The number of rotatable bonds is 4. The Kier molecular flexibility index (Phi) is 3.33. The summed E-state index contributed by atoms with van der Waals surface area (Å²) in [5, 5.41) is 0. The number of esters is 1. The summed E-state index contributed by atoms with van der Waals surface area (Å²) in [6.45, 7) is 9.63. The van der Waals surface area contributed by atoms with Gasteiger partial charge in [0.1, 0.15) is 5.60 Å². The molecule has 0 radical (unpaired) electrons. The summed E-state index contributed by atoms with van der Waals surface area (Å²) in [7, 11) is 0. The predicted octanol–water partition coefficient (Wildman–Crippen LogP) is 3.71. The molecule has 0 saturated heterocycles. The highest BCUT2D eigenvalue weighted by molar-refractivity contribution is 5.87. The Hall–Kier alpha value is -0.790. The third kappa shape index (κ3) is 2.27. The van der Waals surface area contributed by atoms with Crippen LogP contribution in [0.5, 0.6) is 0 Å². The van der Waals surface area contributed by atoms with Crippen LogP contribution < -0.4 is 0 Å². The van der Waals surface area contributed by atoms with Gasteiger partial charge < -0.3 is 4.74 Å². The van der Waals surface area contributed by atoms with E-state index in [-0.39, 0.29) is 11.6 Å². The average Bonchev–Trinajstić information content (AvgIpc) is 2.90. The molecule has 4 atom stereocenters. The Morgan fingerprint density at radius 3 is 2.53 bits per heavy atom. The van der Waals surface area contributed by atoms with Crippen molar-refractivity contribution < 1.29 is 9.53 Å². The molecule has 2 aliphatic rings. The molecule has 0 aliphatic heterocycles. The lowest BCUT2D eigenvalue weighted by molar-refractivity contribution is -0.162. The lowest BCUT2D eigenvalue weighted by atomic mass is 9.75. The largest absolute Gasteiger partial charge is 0.456 e. The number of carbonyl (C=O) groups excluding carboxylic acids is 1. The van der Waals surface area contributed by atoms with E-state index in [0.29, 0.717) is 11.5 Å². The van der Waals surface area contributed by atoms with Crippen LogP contribution in [0.3, 0.4) is 0 Å². The number of hydrogen-bond donors (Lipinski definition) is 0. The summed E-state index contributed by atoms with van der Waals surface area (Å²) in [5.74, 6) is 2.01. The van der Waals surface area contributed by atoms with E-state index in [2.05, 4.69) is 20.4 Å². The molecule has 2 saturated carbocycles. The maximum atomic E-state index is 11.8. The van der Waals surface area contributed by atoms with Crippen LogP contribution >= 0.6 is 0 Å². The van der Waals surface area contributed by atoms with Gasteiger partial charge in [0.15, 0.2) is 0 Å². The van der Waals surface area contributed by atoms with Crippen LogP contribution in [0.2, 0.25) is 0 Å². The van der Waals surface area contributed by atoms with Crippen molar-refractivity contribution in [2.24, 2.45) is 17.8 Å². The van der Waals surface area contributed by atoms with Gasteiger partial charge in [-0.1, -0.05) is 19.9 Å². The van der Waals surface area contributed by atoms with Gasteiger partial charge in [0.25, 0.3) is 0 Å². The maximum Gasteiger partial charge on any atom is 0.333 e. The van der Waals surface area contributed by atoms with Gasteiger partial charge in [-0.2, -0.15) is 0 Å². The van der Waals surface area contributed by atoms with Crippen molar-refractivity contribution in [1.29, 1.82) is 0 Å². The van der Waals surface area contributed by atoms with E-state index in [0.717, 1.165) is 18.3 Å². The molecule has 0 aromatic carbocycles. The molecule has 2 bridgehead atoms. The predicted molar refractivity (Wildman–Crippen MR) is 68.5 cm³/mol. The van der Waals surface area contributed by atoms with Crippen LogP contribution in [-0.2, 0) is 9.53 Å². The molecular weight excluding hydrogens is 212 g/mol. The van der Waals surface area contributed by atoms with E-state index in [9.17, 15) is 4.79 Å². The lowest BCUT2D eigenvalue weighted by Crippen LogP contribution is -2.42. The zero-order valence-corrected chi connectivity index (χ0v) is 11.3. The van der Waals surface area contributed by atoms with Crippen molar-refractivity contribution in [3.05, 3.63) is 12.2 Å². The first-order chi connectivity index (χ1) is 7.96. The highest BCUT2D eigenvalue weighted by Gasteiger charge is 2.49. The molecule has 2 aliphatic carbocycles. The van der Waals surface area contributed by atoms with Crippen molar-refractivity contribution in [1.82, 2.24) is 0 Å². The van der Waals surface area contributed by atoms with Crippen molar-refractivity contribution in [2.75, 3.05) is 0 Å². The third-order valence-electron chi connectivity index (χ3n) is 4.90. The molecule has 96 valence electrons. The second-order valence-corrected chi connectivity index (χ2v) is 6.12. The summed E-state index contributed by atoms with van der Waals surface area (Å²) < 4.78 is 5.75. The molecule has 0 spiro atoms. The van der Waals surface area contributed by atoms with Gasteiger partial charge in [0.05, 0.1) is 0 Å². The van der Waals surface area contributed by atoms with Gasteiger partial charge in [-0.25, -0.2) is 4.79 Å². The minimum absolute atomic E-state index is 0.225. The van der Waals surface area contributed by atoms with E-state index in [1.54, 1.807) is 6.92 Å². The summed E-state index contributed by atoms with van der Waals surface area (Å²) in [5.41, 5.74) is 0.225. The molecule has 0 heterocycles. The maximum absolute atomic E-state index is 11.8. The Balaban J connectivity index is 2.08. The number of carbonyl (C=O) groups is 1. The number of fused-ring (bicyclic) bond motifs is 2. The van der Waals surface area contributed by atoms with Crippen LogP contribution in [0.4, 0.5) is 0 Å². The van der Waals surface area contributed by atoms with Crippen molar-refractivity contribution in [3.63, 3.8) is 0 Å². The van der Waals surface area contributed by atoms with E-state index in [4.69, 9.17) is 4.74 Å².